The molecule has 0 aromatic rings. The summed E-state index contributed by atoms with van der Waals surface area (Å²) in [5, 5.41) is 9.67. The number of esters is 2. The van der Waals surface area contributed by atoms with Crippen LogP contribution in [0.15, 0.2) is 11.3 Å². The van der Waals surface area contributed by atoms with Crippen molar-refractivity contribution < 1.29 is 29.0 Å². The van der Waals surface area contributed by atoms with Gasteiger partial charge in [0.2, 0.25) is 0 Å². The van der Waals surface area contributed by atoms with Crippen LogP contribution in [0, 0.1) is 0 Å². The lowest BCUT2D eigenvalue weighted by molar-refractivity contribution is -0.147. The maximum absolute atomic E-state index is 11.5. The lowest BCUT2D eigenvalue weighted by Gasteiger charge is -2.07. The zero-order chi connectivity index (χ0) is 13.0. The van der Waals surface area contributed by atoms with Gasteiger partial charge < -0.3 is 14.6 Å². The molecule has 0 saturated heterocycles. The van der Waals surface area contributed by atoms with Crippen LogP contribution >= 0.6 is 0 Å². The van der Waals surface area contributed by atoms with Crippen molar-refractivity contribution in [1.82, 2.24) is 0 Å². The van der Waals surface area contributed by atoms with Crippen molar-refractivity contribution in [2.24, 2.45) is 0 Å². The van der Waals surface area contributed by atoms with Crippen molar-refractivity contribution in [2.75, 3.05) is 7.11 Å². The highest BCUT2D eigenvalue weighted by Crippen LogP contribution is 2.25. The molecule has 0 amide bonds. The number of hydrogen-bond donors (Lipinski definition) is 1. The molecule has 0 spiro atoms. The van der Waals surface area contributed by atoms with E-state index in [0.29, 0.717) is 6.42 Å². The number of aliphatic hydroxyl groups excluding tert-OH is 1. The average molecular weight is 242 g/mol. The van der Waals surface area contributed by atoms with Crippen molar-refractivity contribution in [1.29, 1.82) is 0 Å². The lowest BCUT2D eigenvalue weighted by atomic mass is 10.1. The van der Waals surface area contributed by atoms with Crippen molar-refractivity contribution in [2.45, 2.75) is 32.3 Å². The first-order valence-electron chi connectivity index (χ1n) is 5.25. The molecular weight excluding hydrogens is 228 g/mol. The van der Waals surface area contributed by atoms with E-state index in [4.69, 9.17) is 4.74 Å². The van der Waals surface area contributed by atoms with E-state index in [9.17, 15) is 19.5 Å². The molecule has 1 N–H and O–H groups in total. The Morgan fingerprint density at radius 1 is 1.47 bits per heavy atom. The number of carbonyl (C=O) groups excluding carboxylic acids is 3. The highest BCUT2D eigenvalue weighted by atomic mass is 16.6. The van der Waals surface area contributed by atoms with Crippen LogP contribution in [-0.2, 0) is 23.9 Å². The second-order valence-corrected chi connectivity index (χ2v) is 3.61. The van der Waals surface area contributed by atoms with Gasteiger partial charge in [0.05, 0.1) is 13.5 Å². The molecule has 17 heavy (non-hydrogen) atoms. The third-order valence-corrected chi connectivity index (χ3v) is 2.35. The quantitative estimate of drug-likeness (QED) is 0.562. The number of carbonyl (C=O) groups is 3. The second kappa shape index (κ2) is 5.47. The van der Waals surface area contributed by atoms with Crippen LogP contribution < -0.4 is 0 Å². The van der Waals surface area contributed by atoms with E-state index >= 15 is 0 Å². The normalized spacial score (nSPS) is 19.2. The topological polar surface area (TPSA) is 89.9 Å². The van der Waals surface area contributed by atoms with Gasteiger partial charge in [0, 0.05) is 6.42 Å². The first kappa shape index (κ1) is 13.2. The first-order valence-corrected chi connectivity index (χ1v) is 5.25. The minimum Gasteiger partial charge on any atom is -0.507 e. The summed E-state index contributed by atoms with van der Waals surface area (Å²) in [4.78, 5) is 33.9. The number of hydrogen-bond acceptors (Lipinski definition) is 6. The molecule has 0 aromatic carbocycles. The SMILES string of the molecule is CCCC(=O)C1=C(O)[C@H](CC(=O)OC)OC1=O. The van der Waals surface area contributed by atoms with Gasteiger partial charge in [-0.15, -0.1) is 0 Å². The number of ether oxygens (including phenoxy) is 2. The van der Waals surface area contributed by atoms with E-state index < -0.39 is 29.6 Å². The fourth-order valence-corrected chi connectivity index (χ4v) is 1.49. The molecule has 0 unspecified atom stereocenters. The molecule has 0 saturated carbocycles. The van der Waals surface area contributed by atoms with Crippen molar-refractivity contribution in [3.63, 3.8) is 0 Å². The smallest absolute Gasteiger partial charge is 0.346 e. The Kier molecular flexibility index (Phi) is 4.25. The summed E-state index contributed by atoms with van der Waals surface area (Å²) in [7, 11) is 1.18. The molecule has 6 heteroatoms. The van der Waals surface area contributed by atoms with Gasteiger partial charge >= 0.3 is 11.9 Å². The van der Waals surface area contributed by atoms with Crippen LogP contribution in [0.1, 0.15) is 26.2 Å². The molecule has 1 rings (SSSR count). The summed E-state index contributed by atoms with van der Waals surface area (Å²) in [5.41, 5.74) is -0.347. The number of cyclic esters (lactones) is 1. The fraction of sp³-hybridized carbons (Fsp3) is 0.545. The monoisotopic (exact) mass is 242 g/mol. The summed E-state index contributed by atoms with van der Waals surface area (Å²) >= 11 is 0. The number of rotatable bonds is 5. The van der Waals surface area contributed by atoms with Gasteiger partial charge in [-0.05, 0) is 6.42 Å². The Balaban J connectivity index is 2.84. The van der Waals surface area contributed by atoms with Gasteiger partial charge in [-0.3, -0.25) is 9.59 Å². The summed E-state index contributed by atoms with van der Waals surface area (Å²) in [6, 6.07) is 0. The second-order valence-electron chi connectivity index (χ2n) is 3.61. The molecule has 94 valence electrons. The zero-order valence-corrected chi connectivity index (χ0v) is 9.69. The van der Waals surface area contributed by atoms with Gasteiger partial charge in [0.15, 0.2) is 17.6 Å². The van der Waals surface area contributed by atoms with E-state index in [1.165, 1.54) is 7.11 Å². The Hall–Kier alpha value is -1.85. The zero-order valence-electron chi connectivity index (χ0n) is 9.69. The van der Waals surface area contributed by atoms with Crippen LogP contribution in [0.2, 0.25) is 0 Å². The Bertz CT molecular complexity index is 381. The van der Waals surface area contributed by atoms with E-state index in [1.807, 2.05) is 0 Å². The van der Waals surface area contributed by atoms with Gasteiger partial charge in [-0.25, -0.2) is 4.79 Å². The number of methoxy groups -OCH3 is 1. The van der Waals surface area contributed by atoms with E-state index in [-0.39, 0.29) is 18.4 Å². The predicted octanol–water partition coefficient (Wildman–Crippen LogP) is 0.656. The highest BCUT2D eigenvalue weighted by Gasteiger charge is 2.38. The third kappa shape index (κ3) is 2.83. The molecule has 0 bridgehead atoms. The van der Waals surface area contributed by atoms with Crippen molar-refractivity contribution >= 4 is 17.7 Å². The molecule has 0 aliphatic carbocycles. The van der Waals surface area contributed by atoms with Crippen molar-refractivity contribution in [3.05, 3.63) is 11.3 Å². The van der Waals surface area contributed by atoms with Crippen LogP contribution in [0.4, 0.5) is 0 Å². The van der Waals surface area contributed by atoms with Crippen molar-refractivity contribution in [3.8, 4) is 0 Å². The maximum Gasteiger partial charge on any atom is 0.346 e. The maximum atomic E-state index is 11.5. The standard InChI is InChI=1S/C11H14O6/c1-3-4-6(12)9-10(14)7(17-11(9)15)5-8(13)16-2/h7,14H,3-5H2,1-2H3/t7-/m0/s1. The molecule has 0 fully saturated rings. The average Bonchev–Trinajstić information content (AvgIpc) is 2.54. The summed E-state index contributed by atoms with van der Waals surface area (Å²) in [5.74, 6) is -2.45. The number of ketones is 1. The minimum atomic E-state index is -1.11. The predicted molar refractivity (Wildman–Crippen MR) is 56.1 cm³/mol. The Morgan fingerprint density at radius 3 is 2.65 bits per heavy atom. The Morgan fingerprint density at radius 2 is 2.12 bits per heavy atom. The lowest BCUT2D eigenvalue weighted by Crippen LogP contribution is -2.17. The van der Waals surface area contributed by atoms with Crippen LogP contribution in [0.25, 0.3) is 0 Å². The number of Topliss-reactive ketones (excluding diaryl/α,β-unsaturated/α-hetero) is 1. The van der Waals surface area contributed by atoms with Gasteiger partial charge in [0.1, 0.15) is 5.57 Å². The summed E-state index contributed by atoms with van der Waals surface area (Å²) in [6.07, 6.45) is -0.688. The van der Waals surface area contributed by atoms with Crippen LogP contribution in [0.5, 0.6) is 0 Å². The molecule has 1 aliphatic heterocycles. The molecule has 0 radical (unpaired) electrons. The number of aliphatic hydroxyl groups is 1. The summed E-state index contributed by atoms with van der Waals surface area (Å²) < 4.78 is 9.13. The minimum absolute atomic E-state index is 0.152. The van der Waals surface area contributed by atoms with E-state index in [2.05, 4.69) is 4.74 Å². The third-order valence-electron chi connectivity index (χ3n) is 2.35. The van der Waals surface area contributed by atoms with Gasteiger partial charge in [-0.1, -0.05) is 6.92 Å². The molecule has 1 heterocycles. The van der Waals surface area contributed by atoms with E-state index in [0.717, 1.165) is 0 Å². The molecule has 6 nitrogen and oxygen atoms in total. The highest BCUT2D eigenvalue weighted by molar-refractivity contribution is 6.19. The van der Waals surface area contributed by atoms with Crippen LogP contribution in [0.3, 0.4) is 0 Å². The van der Waals surface area contributed by atoms with Gasteiger partial charge in [0.25, 0.3) is 0 Å². The molecular formula is C11H14O6. The summed E-state index contributed by atoms with van der Waals surface area (Å²) in [6.45, 7) is 1.78. The van der Waals surface area contributed by atoms with E-state index in [1.54, 1.807) is 6.92 Å². The largest absolute Gasteiger partial charge is 0.507 e. The molecule has 0 aromatic heterocycles. The molecule has 1 atom stereocenters. The van der Waals surface area contributed by atoms with Crippen LogP contribution in [-0.4, -0.2) is 36.0 Å². The van der Waals surface area contributed by atoms with Gasteiger partial charge in [-0.2, -0.15) is 0 Å². The molecule has 1 aliphatic rings. The Labute approximate surface area is 98.2 Å². The first-order chi connectivity index (χ1) is 8.01. The fourth-order valence-electron chi connectivity index (χ4n) is 1.49.